The minimum absolute atomic E-state index is 0.182. The molecule has 6 rings (SSSR count). The molecule has 0 aromatic carbocycles. The third-order valence-corrected chi connectivity index (χ3v) is 8.47. The van der Waals surface area contributed by atoms with Gasteiger partial charge in [0.25, 0.3) is 5.56 Å². The van der Waals surface area contributed by atoms with Crippen LogP contribution in [-0.4, -0.2) is 99.2 Å². The molecular weight excluding hydrogens is 536 g/mol. The van der Waals surface area contributed by atoms with Crippen molar-refractivity contribution in [2.45, 2.75) is 49.1 Å². The van der Waals surface area contributed by atoms with Gasteiger partial charge in [0, 0.05) is 0 Å². The van der Waals surface area contributed by atoms with Gasteiger partial charge in [-0.05, 0) is 0 Å². The summed E-state index contributed by atoms with van der Waals surface area (Å²) in [5.74, 6) is -0.361. The van der Waals surface area contributed by atoms with Crippen LogP contribution in [0.15, 0.2) is 11.1 Å². The van der Waals surface area contributed by atoms with Gasteiger partial charge in [-0.15, -0.1) is 0 Å². The molecule has 2 aromatic rings. The molecule has 19 nitrogen and oxygen atoms in total. The first-order chi connectivity index (χ1) is 16.8. The van der Waals surface area contributed by atoms with Crippen molar-refractivity contribution >= 4 is 32.8 Å². The van der Waals surface area contributed by atoms with E-state index < -0.39 is 83.5 Å². The van der Waals surface area contributed by atoms with E-state index in [4.69, 9.17) is 15.2 Å². The Morgan fingerprint density at radius 2 is 1.44 bits per heavy atom. The van der Waals surface area contributed by atoms with Gasteiger partial charge in [0.1, 0.15) is 43.0 Å². The van der Waals surface area contributed by atoms with Crippen molar-refractivity contribution < 1.29 is 62.2 Å². The van der Waals surface area contributed by atoms with E-state index in [1.54, 1.807) is 0 Å². The summed E-state index contributed by atoms with van der Waals surface area (Å²) >= 11 is 0. The van der Waals surface area contributed by atoms with Gasteiger partial charge in [-0.2, -0.15) is 4.31 Å². The number of aromatic nitrogens is 4. The highest BCUT2D eigenvalue weighted by molar-refractivity contribution is 7.61. The quantitative estimate of drug-likeness (QED) is 0.156. The van der Waals surface area contributed by atoms with Gasteiger partial charge in [0.2, 0.25) is 5.95 Å². The van der Waals surface area contributed by atoms with Gasteiger partial charge in [-0.1, -0.05) is 0 Å². The number of hydrogen-bond donors (Lipinski definition) is 7. The summed E-state index contributed by atoms with van der Waals surface area (Å²) in [5, 5.41) is 41.6. The third kappa shape index (κ3) is 4.31. The Labute approximate surface area is 199 Å². The number of phosphoric acid groups is 2. The number of hydrogen-bond acceptors (Lipinski definition) is 15. The Morgan fingerprint density at radius 1 is 0.917 bits per heavy atom. The van der Waals surface area contributed by atoms with Crippen LogP contribution < -0.4 is 11.3 Å². The number of aliphatic hydroxyl groups excluding tert-OH is 4. The zero-order chi connectivity index (χ0) is 26.2. The summed E-state index contributed by atoms with van der Waals surface area (Å²) in [7, 11) is -10.6. The summed E-state index contributed by atoms with van der Waals surface area (Å²) in [6, 6.07) is 0. The first-order valence-electron chi connectivity index (χ1n) is 10.2. The zero-order valence-corrected chi connectivity index (χ0v) is 19.6. The van der Waals surface area contributed by atoms with Crippen LogP contribution in [0.3, 0.4) is 0 Å². The molecule has 10 atom stereocenters. The van der Waals surface area contributed by atoms with Crippen molar-refractivity contribution in [2.24, 2.45) is 0 Å². The van der Waals surface area contributed by atoms with E-state index in [0.29, 0.717) is 0 Å². The third-order valence-electron chi connectivity index (χ3n) is 5.87. The Kier molecular flexibility index (Phi) is 6.37. The van der Waals surface area contributed by atoms with E-state index in [0.717, 1.165) is 15.5 Å². The number of fused-ring (bicyclic) bond motifs is 7. The molecule has 2 saturated heterocycles. The van der Waals surface area contributed by atoms with Crippen LogP contribution in [-0.2, 0) is 32.0 Å². The zero-order valence-electron chi connectivity index (χ0n) is 17.8. The summed E-state index contributed by atoms with van der Waals surface area (Å²) in [6.45, 7) is -1.83. The molecule has 2 aromatic heterocycles. The monoisotopic (exact) mass is 557 g/mol. The molecule has 2 fully saturated rings. The Morgan fingerprint density at radius 3 is 2.03 bits per heavy atom. The van der Waals surface area contributed by atoms with Crippen LogP contribution in [0.5, 0.6) is 0 Å². The number of nitrogens with two attached hydrogens (primary N) is 1. The lowest BCUT2D eigenvalue weighted by Gasteiger charge is -2.21. The molecule has 6 heterocycles. The van der Waals surface area contributed by atoms with E-state index in [2.05, 4.69) is 23.3 Å². The number of anilines is 1. The highest BCUT2D eigenvalue weighted by Gasteiger charge is 2.49. The van der Waals surface area contributed by atoms with Crippen LogP contribution in [0.1, 0.15) is 12.5 Å². The maximum Gasteiger partial charge on any atom is 0.481 e. The highest BCUT2D eigenvalue weighted by Crippen LogP contribution is 2.60. The summed E-state index contributed by atoms with van der Waals surface area (Å²) < 4.78 is 50.4. The fraction of sp³-hybridized carbons (Fsp3) is 0.667. The summed E-state index contributed by atoms with van der Waals surface area (Å²) in [5.41, 5.74) is 4.50. The molecule has 4 aliphatic rings. The minimum atomic E-state index is -5.31. The number of nitrogen functional groups attached to an aromatic ring is 1. The van der Waals surface area contributed by atoms with Crippen LogP contribution in [0.2, 0.25) is 0 Å². The van der Waals surface area contributed by atoms with Crippen LogP contribution in [0.4, 0.5) is 5.95 Å². The maximum absolute atomic E-state index is 13.1. The molecule has 0 aliphatic carbocycles. The van der Waals surface area contributed by atoms with Gasteiger partial charge in [0.05, 0.1) is 13.2 Å². The number of aliphatic hydroxyl groups is 4. The van der Waals surface area contributed by atoms with Gasteiger partial charge in [0.15, 0.2) is 23.6 Å². The largest absolute Gasteiger partial charge is 0.481 e. The molecule has 0 spiro atoms. The van der Waals surface area contributed by atoms with Crippen molar-refractivity contribution in [3.05, 3.63) is 16.7 Å². The van der Waals surface area contributed by atoms with Gasteiger partial charge in [-0.3, -0.25) is 23.0 Å². The normalized spacial score (nSPS) is 43.7. The molecule has 4 aliphatic heterocycles. The van der Waals surface area contributed by atoms with Crippen molar-refractivity contribution in [2.75, 3.05) is 18.9 Å². The highest BCUT2D eigenvalue weighted by atomic mass is 31.3. The smallest absolute Gasteiger partial charge is 0.387 e. The fourth-order valence-corrected chi connectivity index (χ4v) is 6.21. The summed E-state index contributed by atoms with van der Waals surface area (Å²) in [4.78, 5) is 40.8. The molecule has 0 radical (unpaired) electrons. The molecule has 36 heavy (non-hydrogen) atoms. The van der Waals surface area contributed by atoms with E-state index in [-0.39, 0.29) is 17.1 Å². The van der Waals surface area contributed by atoms with Crippen molar-refractivity contribution in [3.8, 4) is 0 Å². The second kappa shape index (κ2) is 8.88. The molecule has 2 unspecified atom stereocenters. The second-order valence-electron chi connectivity index (χ2n) is 8.17. The Balaban J connectivity index is 1.61. The van der Waals surface area contributed by atoms with E-state index in [1.165, 1.54) is 0 Å². The van der Waals surface area contributed by atoms with E-state index >= 15 is 0 Å². The van der Waals surface area contributed by atoms with Crippen molar-refractivity contribution in [3.63, 3.8) is 0 Å². The molecule has 0 saturated carbocycles. The average molecular weight is 557 g/mol. The molecular formula is C15H21N5O14P2. The number of rotatable bonds is 0. The molecule has 8 N–H and O–H groups in total. The SMILES string of the molecule is Nc1nc2c(=O)n3cnc2n1[C@@H]1O[C@H](COP(=O)(O)OP(=O)(O)OC[C@H]2O[C@@H]3[C@H](O)[C@@H]2O)[C@@H](O)[C@H]1O. The Hall–Kier alpha value is -1.83. The topological polar surface area (TPSA) is 280 Å². The number of imidazole rings is 1. The van der Waals surface area contributed by atoms with E-state index in [1.807, 2.05) is 0 Å². The minimum Gasteiger partial charge on any atom is -0.387 e. The molecule has 200 valence electrons. The lowest BCUT2D eigenvalue weighted by molar-refractivity contribution is -0.0558. The van der Waals surface area contributed by atoms with Gasteiger partial charge in [-0.25, -0.2) is 19.1 Å². The van der Waals surface area contributed by atoms with Crippen molar-refractivity contribution in [1.82, 2.24) is 19.1 Å². The maximum atomic E-state index is 13.1. The van der Waals surface area contributed by atoms with Crippen molar-refractivity contribution in [1.29, 1.82) is 0 Å². The first kappa shape index (κ1) is 25.8. The predicted octanol–water partition coefficient (Wildman–Crippen LogP) is -3.32. The van der Waals surface area contributed by atoms with Gasteiger partial charge >= 0.3 is 15.6 Å². The second-order valence-corrected chi connectivity index (χ2v) is 11.2. The number of nitrogens with zero attached hydrogens (tertiary/aromatic N) is 4. The molecule has 8 bridgehead atoms. The lowest BCUT2D eigenvalue weighted by atomic mass is 10.1. The molecule has 0 amide bonds. The fourth-order valence-electron chi connectivity index (χ4n) is 4.12. The first-order valence-corrected chi connectivity index (χ1v) is 13.2. The summed E-state index contributed by atoms with van der Waals surface area (Å²) in [6.07, 6.45) is -12.0. The average Bonchev–Trinajstić information content (AvgIpc) is 3.37. The van der Waals surface area contributed by atoms with Crippen LogP contribution in [0.25, 0.3) is 11.2 Å². The standard InChI is InChI=1S/C15H21N5O14P2/c16-15-18-6-11-17-3-19(12(6)25)13-9(23)7(21)4(32-13)1-30-35(26,27)34-36(28,29)31-2-5-8(22)10(24)14(33-5)20(11)15/h3-5,7-10,13-14,21-24H,1-2H2,(H2,16,18)(H,26,27)(H,28,29)/t4-,5-,7-,8-,9-,10-,13-,14-/m1/s1. The molecule has 21 heteroatoms. The van der Waals surface area contributed by atoms with E-state index in [9.17, 15) is 44.1 Å². The number of ether oxygens (including phenoxy) is 2. The lowest BCUT2D eigenvalue weighted by Crippen LogP contribution is -2.36. The van der Waals surface area contributed by atoms with Crippen LogP contribution in [0, 0.1) is 0 Å². The number of phosphoric ester groups is 2. The van der Waals surface area contributed by atoms with Gasteiger partial charge < -0.3 is 45.4 Å². The van der Waals surface area contributed by atoms with Crippen LogP contribution >= 0.6 is 15.6 Å². The Bertz CT molecular complexity index is 1330. The predicted molar refractivity (Wildman–Crippen MR) is 111 cm³/mol.